The van der Waals surface area contributed by atoms with Crippen LogP contribution in [0.1, 0.15) is 42.9 Å². The summed E-state index contributed by atoms with van der Waals surface area (Å²) in [6.45, 7) is 0.372. The summed E-state index contributed by atoms with van der Waals surface area (Å²) in [6.07, 6.45) is 3.95. The third-order valence-corrected chi connectivity index (χ3v) is 6.75. The molecule has 2 aromatic carbocycles. The lowest BCUT2D eigenvalue weighted by molar-refractivity contribution is -0.122. The highest BCUT2D eigenvalue weighted by Gasteiger charge is 2.21. The van der Waals surface area contributed by atoms with E-state index in [1.165, 1.54) is 15.7 Å². The number of aryl methyl sites for hydroxylation is 1. The smallest absolute Gasteiger partial charge is 0.278 e. The number of carbonyl (C=O) groups excluding carboxylic acids is 1. The van der Waals surface area contributed by atoms with Crippen molar-refractivity contribution in [3.05, 3.63) is 68.7 Å². The molecule has 8 heteroatoms. The van der Waals surface area contributed by atoms with Crippen LogP contribution in [0.25, 0.3) is 21.9 Å². The van der Waals surface area contributed by atoms with E-state index in [2.05, 4.69) is 27.4 Å². The van der Waals surface area contributed by atoms with Gasteiger partial charge < -0.3 is 20.0 Å². The number of benzene rings is 2. The second kappa shape index (κ2) is 8.86. The first-order chi connectivity index (χ1) is 16.0. The van der Waals surface area contributed by atoms with Crippen LogP contribution in [0.5, 0.6) is 5.75 Å². The van der Waals surface area contributed by atoms with Crippen LogP contribution >= 0.6 is 12.2 Å². The van der Waals surface area contributed by atoms with Crippen molar-refractivity contribution in [3.63, 3.8) is 0 Å². The van der Waals surface area contributed by atoms with Gasteiger partial charge >= 0.3 is 0 Å². The molecule has 3 N–H and O–H groups in total. The van der Waals surface area contributed by atoms with Crippen LogP contribution < -0.4 is 15.6 Å². The number of hydrogen-bond donors (Lipinski definition) is 3. The number of carbonyl (C=O) groups is 1. The predicted octanol–water partition coefficient (Wildman–Crippen LogP) is 4.52. The molecule has 1 aliphatic carbocycles. The lowest BCUT2D eigenvalue weighted by Crippen LogP contribution is -2.31. The van der Waals surface area contributed by atoms with Gasteiger partial charge in [-0.1, -0.05) is 24.3 Å². The summed E-state index contributed by atoms with van der Waals surface area (Å²) >= 11 is 5.47. The van der Waals surface area contributed by atoms with E-state index in [0.717, 1.165) is 30.2 Å². The molecule has 1 atom stereocenters. The molecule has 33 heavy (non-hydrogen) atoms. The zero-order valence-electron chi connectivity index (χ0n) is 18.4. The Kier molecular flexibility index (Phi) is 5.76. The first-order valence-electron chi connectivity index (χ1n) is 11.2. The minimum atomic E-state index is -0.189. The number of hydrogen-bond acceptors (Lipinski definition) is 4. The summed E-state index contributed by atoms with van der Waals surface area (Å²) in [6, 6.07) is 14.0. The number of H-pyrrole nitrogens is 2. The maximum atomic E-state index is 13.1. The van der Waals surface area contributed by atoms with Crippen molar-refractivity contribution >= 4 is 40.1 Å². The number of ether oxygens (including phenoxy) is 1. The highest BCUT2D eigenvalue weighted by atomic mass is 32.1. The third kappa shape index (κ3) is 4.06. The number of nitrogens with one attached hydrogen (secondary N) is 3. The lowest BCUT2D eigenvalue weighted by Gasteiger charge is -2.26. The van der Waals surface area contributed by atoms with Gasteiger partial charge in [-0.3, -0.25) is 14.2 Å². The largest absolute Gasteiger partial charge is 0.497 e. The standard InChI is InChI=1S/C25H26N4O3S/c1-32-16-11-12-20-18(14-16)22-23(27-20)24(31)29(25(33)28-22)13-5-10-21(30)26-19-9-4-7-15-6-2-3-8-17(15)19/h2-3,6,8,11-12,14,19,27H,4-5,7,9-10,13H2,1H3,(H,26,30)(H,28,33)/t19-/m1/s1. The number of fused-ring (bicyclic) bond motifs is 4. The maximum Gasteiger partial charge on any atom is 0.278 e. The van der Waals surface area contributed by atoms with Crippen molar-refractivity contribution in [2.45, 2.75) is 44.7 Å². The van der Waals surface area contributed by atoms with Gasteiger partial charge in [-0.2, -0.15) is 0 Å². The maximum absolute atomic E-state index is 13.1. The Morgan fingerprint density at radius 1 is 1.21 bits per heavy atom. The molecular weight excluding hydrogens is 436 g/mol. The SMILES string of the molecule is COc1ccc2[nH]c3c(=O)n(CCCC(=O)N[C@@H]4CCCc5ccccc54)c(=S)[nH]c3c2c1. The van der Waals surface area contributed by atoms with E-state index in [1.54, 1.807) is 7.11 Å². The van der Waals surface area contributed by atoms with E-state index in [4.69, 9.17) is 17.0 Å². The number of amides is 1. The summed E-state index contributed by atoms with van der Waals surface area (Å²) in [5.41, 5.74) is 4.32. The zero-order valence-corrected chi connectivity index (χ0v) is 19.3. The van der Waals surface area contributed by atoms with Crippen molar-refractivity contribution in [2.24, 2.45) is 0 Å². The molecule has 1 aliphatic rings. The van der Waals surface area contributed by atoms with Crippen molar-refractivity contribution in [1.82, 2.24) is 19.9 Å². The monoisotopic (exact) mass is 462 g/mol. The summed E-state index contributed by atoms with van der Waals surface area (Å²) in [4.78, 5) is 32.1. The number of methoxy groups -OCH3 is 1. The average Bonchev–Trinajstić information content (AvgIpc) is 3.19. The fourth-order valence-corrected chi connectivity index (χ4v) is 5.04. The Labute approximate surface area is 195 Å². The van der Waals surface area contributed by atoms with Gasteiger partial charge in [-0.05, 0) is 67.2 Å². The normalized spacial score (nSPS) is 15.5. The molecule has 7 nitrogen and oxygen atoms in total. The summed E-state index contributed by atoms with van der Waals surface area (Å²) in [5.74, 6) is 0.705. The molecule has 0 radical (unpaired) electrons. The second-order valence-corrected chi connectivity index (χ2v) is 8.87. The highest BCUT2D eigenvalue weighted by molar-refractivity contribution is 7.71. The van der Waals surface area contributed by atoms with E-state index in [0.29, 0.717) is 40.9 Å². The molecule has 0 saturated heterocycles. The third-order valence-electron chi connectivity index (χ3n) is 6.43. The first kappa shape index (κ1) is 21.5. The van der Waals surface area contributed by atoms with Crippen molar-refractivity contribution in [3.8, 4) is 5.75 Å². The molecule has 0 saturated carbocycles. The van der Waals surface area contributed by atoms with Gasteiger partial charge in [-0.15, -0.1) is 0 Å². The minimum absolute atomic E-state index is 0.00145. The van der Waals surface area contributed by atoms with Crippen LogP contribution in [0.4, 0.5) is 0 Å². The van der Waals surface area contributed by atoms with Gasteiger partial charge in [0.2, 0.25) is 5.91 Å². The van der Waals surface area contributed by atoms with Crippen LogP contribution in [0.3, 0.4) is 0 Å². The Morgan fingerprint density at radius 2 is 2.06 bits per heavy atom. The molecule has 0 unspecified atom stereocenters. The fraction of sp³-hybridized carbons (Fsp3) is 0.320. The van der Waals surface area contributed by atoms with Gasteiger partial charge in [0.15, 0.2) is 4.77 Å². The minimum Gasteiger partial charge on any atom is -0.497 e. The highest BCUT2D eigenvalue weighted by Crippen LogP contribution is 2.29. The van der Waals surface area contributed by atoms with E-state index in [1.807, 2.05) is 30.3 Å². The van der Waals surface area contributed by atoms with Gasteiger partial charge in [0.05, 0.1) is 18.7 Å². The number of nitrogens with zero attached hydrogens (tertiary/aromatic N) is 1. The van der Waals surface area contributed by atoms with Crippen molar-refractivity contribution in [2.75, 3.05) is 7.11 Å². The van der Waals surface area contributed by atoms with Crippen LogP contribution in [-0.4, -0.2) is 27.6 Å². The Balaban J connectivity index is 1.30. The topological polar surface area (TPSA) is 91.9 Å². The number of rotatable bonds is 6. The number of aromatic nitrogens is 3. The van der Waals surface area contributed by atoms with Gasteiger partial charge in [-0.25, -0.2) is 0 Å². The Morgan fingerprint density at radius 3 is 2.91 bits per heavy atom. The van der Waals surface area contributed by atoms with E-state index < -0.39 is 0 Å². The van der Waals surface area contributed by atoms with Crippen LogP contribution in [0.15, 0.2) is 47.3 Å². The Hall–Kier alpha value is -3.39. The Bertz CT molecular complexity index is 1470. The molecule has 0 bridgehead atoms. The molecule has 5 rings (SSSR count). The van der Waals surface area contributed by atoms with Crippen LogP contribution in [0, 0.1) is 4.77 Å². The van der Waals surface area contributed by atoms with E-state index in [9.17, 15) is 9.59 Å². The molecule has 1 amide bonds. The molecule has 2 aromatic heterocycles. The summed E-state index contributed by atoms with van der Waals surface area (Å²) < 4.78 is 7.17. The molecule has 4 aromatic rings. The molecule has 2 heterocycles. The fourth-order valence-electron chi connectivity index (χ4n) is 4.76. The average molecular weight is 463 g/mol. The van der Waals surface area contributed by atoms with Gasteiger partial charge in [0, 0.05) is 23.9 Å². The van der Waals surface area contributed by atoms with Crippen molar-refractivity contribution in [1.29, 1.82) is 0 Å². The summed E-state index contributed by atoms with van der Waals surface area (Å²) in [5, 5.41) is 4.02. The lowest BCUT2D eigenvalue weighted by atomic mass is 9.87. The molecule has 170 valence electrons. The first-order valence-corrected chi connectivity index (χ1v) is 11.7. The predicted molar refractivity (Wildman–Crippen MR) is 131 cm³/mol. The quantitative estimate of drug-likeness (QED) is 0.367. The number of aromatic amines is 2. The van der Waals surface area contributed by atoms with Crippen LogP contribution in [0.2, 0.25) is 0 Å². The molecule has 0 aliphatic heterocycles. The molecular formula is C25H26N4O3S. The van der Waals surface area contributed by atoms with Crippen LogP contribution in [-0.2, 0) is 17.8 Å². The summed E-state index contributed by atoms with van der Waals surface area (Å²) in [7, 11) is 1.61. The van der Waals surface area contributed by atoms with Gasteiger partial charge in [0.1, 0.15) is 11.3 Å². The van der Waals surface area contributed by atoms with Gasteiger partial charge in [0.25, 0.3) is 5.56 Å². The zero-order chi connectivity index (χ0) is 22.9. The second-order valence-electron chi connectivity index (χ2n) is 8.49. The molecule has 0 spiro atoms. The molecule has 0 fully saturated rings. The van der Waals surface area contributed by atoms with Crippen molar-refractivity contribution < 1.29 is 9.53 Å². The van der Waals surface area contributed by atoms with E-state index in [-0.39, 0.29) is 17.5 Å². The van der Waals surface area contributed by atoms with E-state index >= 15 is 0 Å².